The van der Waals surface area contributed by atoms with E-state index in [9.17, 15) is 22.0 Å². The highest BCUT2D eigenvalue weighted by molar-refractivity contribution is 7.91. The molecule has 0 aromatic heterocycles. The summed E-state index contributed by atoms with van der Waals surface area (Å²) in [6.45, 7) is 7.03. The number of aliphatic carboxylic acids is 1. The Morgan fingerprint density at radius 1 is 1.35 bits per heavy atom. The van der Waals surface area contributed by atoms with E-state index in [0.29, 0.717) is 5.57 Å². The normalized spacial score (nSPS) is 17.1. The lowest BCUT2D eigenvalue weighted by atomic mass is 10.0. The Hall–Kier alpha value is -2.74. The Kier molecular flexibility index (Phi) is 5.76. The van der Waals surface area contributed by atoms with Gasteiger partial charge in [0, 0.05) is 5.56 Å². The quantitative estimate of drug-likeness (QED) is 0.732. The van der Waals surface area contributed by atoms with Gasteiger partial charge in [0.15, 0.2) is 15.9 Å². The van der Waals surface area contributed by atoms with E-state index in [0.717, 1.165) is 6.08 Å². The molecule has 5 nitrogen and oxygen atoms in total. The van der Waals surface area contributed by atoms with E-state index < -0.39 is 33.9 Å². The van der Waals surface area contributed by atoms with Gasteiger partial charge in [-0.25, -0.2) is 22.0 Å². The molecule has 0 radical (unpaired) electrons. The SMILES string of the molecule is C=C/C=C(\C=C)CS(=O)(=O)c1ccc2c(c1)C=C(C(=O)O)C(C(F)F)O2. The van der Waals surface area contributed by atoms with Crippen LogP contribution in [0.4, 0.5) is 8.78 Å². The third-order valence-corrected chi connectivity index (χ3v) is 5.32. The molecule has 138 valence electrons. The standard InChI is InChI=1S/C18H16F2O5S/c1-3-5-11(4-2)10-26(23,24)13-6-7-15-12(8-13)9-14(18(21)22)16(25-15)17(19)20/h3-9,16-17H,1-2,10H2,(H,21,22)/b11-5+. The van der Waals surface area contributed by atoms with Crippen LogP contribution in [0.25, 0.3) is 6.08 Å². The van der Waals surface area contributed by atoms with Crippen molar-refractivity contribution < 1.29 is 31.8 Å². The summed E-state index contributed by atoms with van der Waals surface area (Å²) in [5, 5.41) is 9.09. The average molecular weight is 382 g/mol. The molecule has 1 N–H and O–H groups in total. The monoisotopic (exact) mass is 382 g/mol. The predicted octanol–water partition coefficient (Wildman–Crippen LogP) is 3.25. The fourth-order valence-electron chi connectivity index (χ4n) is 2.39. The number of carboxylic acid groups (broad SMARTS) is 1. The number of alkyl halides is 2. The third kappa shape index (κ3) is 4.08. The van der Waals surface area contributed by atoms with Gasteiger partial charge in [-0.1, -0.05) is 31.4 Å². The van der Waals surface area contributed by atoms with Gasteiger partial charge in [0.1, 0.15) is 5.75 Å². The Morgan fingerprint density at radius 3 is 2.58 bits per heavy atom. The van der Waals surface area contributed by atoms with E-state index in [-0.39, 0.29) is 22.0 Å². The lowest BCUT2D eigenvalue weighted by Gasteiger charge is -2.25. The molecule has 0 bridgehead atoms. The number of halogens is 2. The summed E-state index contributed by atoms with van der Waals surface area (Å²) >= 11 is 0. The number of carbonyl (C=O) groups is 1. The van der Waals surface area contributed by atoms with Crippen LogP contribution < -0.4 is 4.74 Å². The first-order chi connectivity index (χ1) is 12.2. The van der Waals surface area contributed by atoms with Crippen molar-refractivity contribution in [1.82, 2.24) is 0 Å². The van der Waals surface area contributed by atoms with Crippen LogP contribution in [0.15, 0.2) is 65.6 Å². The van der Waals surface area contributed by atoms with Crippen LogP contribution in [-0.4, -0.2) is 37.8 Å². The number of hydrogen-bond acceptors (Lipinski definition) is 4. The van der Waals surface area contributed by atoms with Crippen molar-refractivity contribution in [2.75, 3.05) is 5.75 Å². The smallest absolute Gasteiger partial charge is 0.335 e. The molecular formula is C18H16F2O5S. The van der Waals surface area contributed by atoms with Crippen molar-refractivity contribution in [2.45, 2.75) is 17.4 Å². The molecule has 1 aromatic rings. The molecule has 0 saturated carbocycles. The minimum Gasteiger partial charge on any atom is -0.479 e. The van der Waals surface area contributed by atoms with Crippen molar-refractivity contribution in [2.24, 2.45) is 0 Å². The van der Waals surface area contributed by atoms with Crippen molar-refractivity contribution in [3.8, 4) is 5.75 Å². The summed E-state index contributed by atoms with van der Waals surface area (Å²) in [6, 6.07) is 3.66. The summed E-state index contributed by atoms with van der Waals surface area (Å²) in [5.74, 6) is -1.90. The first-order valence-corrected chi connectivity index (χ1v) is 9.05. The van der Waals surface area contributed by atoms with Crippen molar-refractivity contribution >= 4 is 21.9 Å². The number of ether oxygens (including phenoxy) is 1. The molecule has 26 heavy (non-hydrogen) atoms. The zero-order chi connectivity index (χ0) is 19.5. The summed E-state index contributed by atoms with van der Waals surface area (Å²) < 4.78 is 56.1. The Morgan fingerprint density at radius 2 is 2.04 bits per heavy atom. The van der Waals surface area contributed by atoms with Crippen LogP contribution in [0.3, 0.4) is 0 Å². The molecule has 8 heteroatoms. The second kappa shape index (κ2) is 7.65. The summed E-state index contributed by atoms with van der Waals surface area (Å²) in [4.78, 5) is 11.1. The number of fused-ring (bicyclic) bond motifs is 1. The topological polar surface area (TPSA) is 80.7 Å². The van der Waals surface area contributed by atoms with Crippen LogP contribution in [0, 0.1) is 0 Å². The minimum absolute atomic E-state index is 0.00942. The van der Waals surface area contributed by atoms with Gasteiger partial charge in [-0.3, -0.25) is 0 Å². The molecule has 0 amide bonds. The van der Waals surface area contributed by atoms with E-state index in [4.69, 9.17) is 9.84 Å². The first-order valence-electron chi connectivity index (χ1n) is 7.40. The largest absolute Gasteiger partial charge is 0.479 e. The fourth-order valence-corrected chi connectivity index (χ4v) is 3.79. The molecule has 0 fully saturated rings. The molecule has 1 aliphatic heterocycles. The summed E-state index contributed by atoms with van der Waals surface area (Å²) in [6.07, 6.45) is 0.376. The van der Waals surface area contributed by atoms with Crippen LogP contribution in [-0.2, 0) is 14.6 Å². The molecule has 1 aliphatic rings. The zero-order valence-corrected chi connectivity index (χ0v) is 14.4. The Bertz CT molecular complexity index is 914. The van der Waals surface area contributed by atoms with Gasteiger partial charge in [-0.15, -0.1) is 0 Å². The van der Waals surface area contributed by atoms with Crippen LogP contribution in [0.5, 0.6) is 5.75 Å². The number of sulfone groups is 1. The van der Waals surface area contributed by atoms with Crippen LogP contribution in [0.2, 0.25) is 0 Å². The molecule has 1 atom stereocenters. The second-order valence-electron chi connectivity index (χ2n) is 5.42. The Labute approximate surface area is 149 Å². The van der Waals surface area contributed by atoms with Crippen molar-refractivity contribution in [3.63, 3.8) is 0 Å². The molecule has 0 spiro atoms. The molecule has 0 saturated heterocycles. The van der Waals surface area contributed by atoms with Gasteiger partial charge >= 0.3 is 5.97 Å². The number of benzene rings is 1. The van der Waals surface area contributed by atoms with Gasteiger partial charge < -0.3 is 9.84 Å². The molecule has 1 aromatic carbocycles. The molecule has 2 rings (SSSR count). The van der Waals surface area contributed by atoms with Crippen LogP contribution in [0.1, 0.15) is 5.56 Å². The Balaban J connectivity index is 2.46. The van der Waals surface area contributed by atoms with Gasteiger partial charge in [0.2, 0.25) is 0 Å². The van der Waals surface area contributed by atoms with E-state index in [1.807, 2.05) is 0 Å². The third-order valence-electron chi connectivity index (χ3n) is 3.64. The molecule has 1 unspecified atom stereocenters. The summed E-state index contributed by atoms with van der Waals surface area (Å²) in [7, 11) is -3.76. The van der Waals surface area contributed by atoms with E-state index in [1.54, 1.807) is 0 Å². The van der Waals surface area contributed by atoms with Crippen molar-refractivity contribution in [1.29, 1.82) is 0 Å². The zero-order valence-electron chi connectivity index (χ0n) is 13.6. The minimum atomic E-state index is -3.76. The van der Waals surface area contributed by atoms with Gasteiger partial charge in [0.25, 0.3) is 6.43 Å². The first kappa shape index (κ1) is 19.6. The lowest BCUT2D eigenvalue weighted by Crippen LogP contribution is -2.33. The fraction of sp³-hybridized carbons (Fsp3) is 0.167. The molecular weight excluding hydrogens is 366 g/mol. The maximum Gasteiger partial charge on any atom is 0.335 e. The van der Waals surface area contributed by atoms with E-state index in [2.05, 4.69) is 13.2 Å². The van der Waals surface area contributed by atoms with Gasteiger partial charge in [0.05, 0.1) is 16.2 Å². The van der Waals surface area contributed by atoms with Crippen molar-refractivity contribution in [3.05, 3.63) is 66.3 Å². The maximum atomic E-state index is 13.0. The lowest BCUT2D eigenvalue weighted by molar-refractivity contribution is -0.134. The number of allylic oxidation sites excluding steroid dienone is 3. The van der Waals surface area contributed by atoms with E-state index >= 15 is 0 Å². The van der Waals surface area contributed by atoms with Gasteiger partial charge in [-0.2, -0.15) is 0 Å². The number of rotatable bonds is 7. The highest BCUT2D eigenvalue weighted by Crippen LogP contribution is 2.34. The highest BCUT2D eigenvalue weighted by Gasteiger charge is 2.35. The summed E-state index contributed by atoms with van der Waals surface area (Å²) in [5.41, 5.74) is -0.109. The van der Waals surface area contributed by atoms with E-state index in [1.165, 1.54) is 36.4 Å². The second-order valence-corrected chi connectivity index (χ2v) is 7.41. The molecule has 1 heterocycles. The van der Waals surface area contributed by atoms with Crippen LogP contribution >= 0.6 is 0 Å². The predicted molar refractivity (Wildman–Crippen MR) is 93.0 cm³/mol. The average Bonchev–Trinajstić information content (AvgIpc) is 2.59. The molecule has 0 aliphatic carbocycles. The van der Waals surface area contributed by atoms with Gasteiger partial charge in [-0.05, 0) is 29.8 Å². The highest BCUT2D eigenvalue weighted by atomic mass is 32.2. The number of carboxylic acids is 1. The number of hydrogen-bond donors (Lipinski definition) is 1. The maximum absolute atomic E-state index is 13.0.